The SMILES string of the molecule is CCNC(c1ccc2c(c1)CN(C)C(=O)N2)C1CCOC1. The molecule has 0 aromatic heterocycles. The number of ether oxygens (including phenoxy) is 1. The van der Waals surface area contributed by atoms with E-state index in [4.69, 9.17) is 4.74 Å². The summed E-state index contributed by atoms with van der Waals surface area (Å²) < 4.78 is 5.54. The molecule has 2 amide bonds. The second-order valence-corrected chi connectivity index (χ2v) is 5.86. The van der Waals surface area contributed by atoms with E-state index in [-0.39, 0.29) is 6.03 Å². The summed E-state index contributed by atoms with van der Waals surface area (Å²) in [7, 11) is 1.82. The quantitative estimate of drug-likeness (QED) is 0.894. The number of nitrogens with one attached hydrogen (secondary N) is 2. The van der Waals surface area contributed by atoms with Crippen LogP contribution in [0.15, 0.2) is 18.2 Å². The van der Waals surface area contributed by atoms with Gasteiger partial charge in [-0.3, -0.25) is 0 Å². The Hall–Kier alpha value is -1.59. The number of fused-ring (bicyclic) bond motifs is 1. The van der Waals surface area contributed by atoms with Crippen LogP contribution in [0.5, 0.6) is 0 Å². The average Bonchev–Trinajstić information content (AvgIpc) is 2.99. The first-order valence-corrected chi connectivity index (χ1v) is 7.65. The highest BCUT2D eigenvalue weighted by molar-refractivity contribution is 5.92. The number of carbonyl (C=O) groups excluding carboxylic acids is 1. The summed E-state index contributed by atoms with van der Waals surface area (Å²) in [4.78, 5) is 13.4. The fourth-order valence-electron chi connectivity index (χ4n) is 3.19. The monoisotopic (exact) mass is 289 g/mol. The van der Waals surface area contributed by atoms with Crippen LogP contribution in [0, 0.1) is 5.92 Å². The Bertz CT molecular complexity index is 526. The molecule has 0 bridgehead atoms. The summed E-state index contributed by atoms with van der Waals surface area (Å²) in [6, 6.07) is 6.65. The molecular formula is C16H23N3O2. The number of benzene rings is 1. The number of rotatable bonds is 4. The van der Waals surface area contributed by atoms with Gasteiger partial charge in [0.2, 0.25) is 0 Å². The van der Waals surface area contributed by atoms with Crippen LogP contribution in [-0.4, -0.2) is 37.7 Å². The minimum absolute atomic E-state index is 0.0392. The third-order valence-electron chi connectivity index (χ3n) is 4.34. The van der Waals surface area contributed by atoms with E-state index in [2.05, 4.69) is 29.7 Å². The molecule has 0 saturated carbocycles. The molecule has 0 spiro atoms. The summed E-state index contributed by atoms with van der Waals surface area (Å²) in [6.45, 7) is 5.42. The number of carbonyl (C=O) groups is 1. The molecule has 1 fully saturated rings. The molecule has 1 aromatic rings. The predicted molar refractivity (Wildman–Crippen MR) is 82.3 cm³/mol. The smallest absolute Gasteiger partial charge is 0.321 e. The minimum atomic E-state index is -0.0392. The first kappa shape index (κ1) is 14.4. The fraction of sp³-hybridized carbons (Fsp3) is 0.562. The van der Waals surface area contributed by atoms with Crippen molar-refractivity contribution in [3.8, 4) is 0 Å². The van der Waals surface area contributed by atoms with Crippen LogP contribution < -0.4 is 10.6 Å². The van der Waals surface area contributed by atoms with Crippen molar-refractivity contribution in [3.63, 3.8) is 0 Å². The number of urea groups is 1. The van der Waals surface area contributed by atoms with Crippen molar-refractivity contribution in [3.05, 3.63) is 29.3 Å². The highest BCUT2D eigenvalue weighted by atomic mass is 16.5. The van der Waals surface area contributed by atoms with E-state index < -0.39 is 0 Å². The summed E-state index contributed by atoms with van der Waals surface area (Å²) in [6.07, 6.45) is 1.10. The van der Waals surface area contributed by atoms with Crippen LogP contribution in [-0.2, 0) is 11.3 Å². The van der Waals surface area contributed by atoms with Gasteiger partial charge in [-0.1, -0.05) is 19.1 Å². The zero-order valence-electron chi connectivity index (χ0n) is 12.7. The van der Waals surface area contributed by atoms with Crippen molar-refractivity contribution in [1.29, 1.82) is 0 Å². The standard InChI is InChI=1S/C16H23N3O2/c1-3-17-15(12-6-7-21-10-12)11-4-5-14-13(8-11)9-19(2)16(20)18-14/h4-5,8,12,15,17H,3,6-7,9-10H2,1-2H3,(H,18,20). The summed E-state index contributed by atoms with van der Waals surface area (Å²) in [5.74, 6) is 0.527. The van der Waals surface area contributed by atoms with Gasteiger partial charge in [-0.05, 0) is 30.2 Å². The van der Waals surface area contributed by atoms with Crippen LogP contribution in [0.1, 0.15) is 30.5 Å². The van der Waals surface area contributed by atoms with E-state index in [1.165, 1.54) is 11.1 Å². The van der Waals surface area contributed by atoms with E-state index in [1.54, 1.807) is 4.90 Å². The molecule has 5 nitrogen and oxygen atoms in total. The van der Waals surface area contributed by atoms with E-state index in [0.29, 0.717) is 18.5 Å². The number of hydrogen-bond donors (Lipinski definition) is 2. The summed E-state index contributed by atoms with van der Waals surface area (Å²) in [5, 5.41) is 6.51. The lowest BCUT2D eigenvalue weighted by atomic mass is 9.90. The largest absolute Gasteiger partial charge is 0.381 e. The Balaban J connectivity index is 1.87. The van der Waals surface area contributed by atoms with Crippen molar-refractivity contribution in [2.24, 2.45) is 5.92 Å². The summed E-state index contributed by atoms with van der Waals surface area (Å²) >= 11 is 0. The van der Waals surface area contributed by atoms with Crippen molar-refractivity contribution >= 4 is 11.7 Å². The van der Waals surface area contributed by atoms with Crippen LogP contribution >= 0.6 is 0 Å². The lowest BCUT2D eigenvalue weighted by molar-refractivity contribution is 0.177. The van der Waals surface area contributed by atoms with Gasteiger partial charge in [0.25, 0.3) is 0 Å². The van der Waals surface area contributed by atoms with Crippen LogP contribution in [0.4, 0.5) is 10.5 Å². The molecule has 2 aliphatic rings. The maximum atomic E-state index is 11.7. The Morgan fingerprint density at radius 1 is 1.52 bits per heavy atom. The molecule has 114 valence electrons. The van der Waals surface area contributed by atoms with E-state index >= 15 is 0 Å². The molecular weight excluding hydrogens is 266 g/mol. The lowest BCUT2D eigenvalue weighted by Gasteiger charge is -2.29. The number of hydrogen-bond acceptors (Lipinski definition) is 3. The molecule has 2 N–H and O–H groups in total. The van der Waals surface area contributed by atoms with Crippen LogP contribution in [0.2, 0.25) is 0 Å². The molecule has 21 heavy (non-hydrogen) atoms. The van der Waals surface area contributed by atoms with Gasteiger partial charge in [-0.25, -0.2) is 4.79 Å². The minimum Gasteiger partial charge on any atom is -0.381 e. The maximum Gasteiger partial charge on any atom is 0.321 e. The first-order valence-electron chi connectivity index (χ1n) is 7.65. The Morgan fingerprint density at radius 2 is 2.38 bits per heavy atom. The van der Waals surface area contributed by atoms with Crippen LogP contribution in [0.3, 0.4) is 0 Å². The molecule has 1 saturated heterocycles. The Morgan fingerprint density at radius 3 is 3.10 bits per heavy atom. The third-order valence-corrected chi connectivity index (χ3v) is 4.34. The Kier molecular flexibility index (Phi) is 4.12. The molecule has 5 heteroatoms. The second kappa shape index (κ2) is 6.03. The normalized spacial score (nSPS) is 22.9. The number of nitrogens with zero attached hydrogens (tertiary/aromatic N) is 1. The van der Waals surface area contributed by atoms with E-state index in [9.17, 15) is 4.79 Å². The van der Waals surface area contributed by atoms with Crippen molar-refractivity contribution in [2.75, 3.05) is 32.1 Å². The van der Waals surface area contributed by atoms with Crippen LogP contribution in [0.25, 0.3) is 0 Å². The van der Waals surface area contributed by atoms with Gasteiger partial charge in [0, 0.05) is 37.8 Å². The second-order valence-electron chi connectivity index (χ2n) is 5.86. The Labute approximate surface area is 125 Å². The predicted octanol–water partition coefficient (Wildman–Crippen LogP) is 2.35. The van der Waals surface area contributed by atoms with Crippen molar-refractivity contribution in [1.82, 2.24) is 10.2 Å². The lowest BCUT2D eigenvalue weighted by Crippen LogP contribution is -2.36. The van der Waals surface area contributed by atoms with Gasteiger partial charge in [0.15, 0.2) is 0 Å². The highest BCUT2D eigenvalue weighted by Crippen LogP contribution is 2.32. The fourth-order valence-corrected chi connectivity index (χ4v) is 3.19. The average molecular weight is 289 g/mol. The van der Waals surface area contributed by atoms with Gasteiger partial charge in [-0.2, -0.15) is 0 Å². The number of amides is 2. The molecule has 3 rings (SSSR count). The van der Waals surface area contributed by atoms with E-state index in [0.717, 1.165) is 31.9 Å². The van der Waals surface area contributed by atoms with Gasteiger partial charge < -0.3 is 20.3 Å². The molecule has 2 unspecified atom stereocenters. The van der Waals surface area contributed by atoms with E-state index in [1.807, 2.05) is 13.1 Å². The highest BCUT2D eigenvalue weighted by Gasteiger charge is 2.28. The molecule has 0 radical (unpaired) electrons. The molecule has 2 heterocycles. The van der Waals surface area contributed by atoms with Gasteiger partial charge in [0.1, 0.15) is 0 Å². The molecule has 0 aliphatic carbocycles. The topological polar surface area (TPSA) is 53.6 Å². The van der Waals surface area contributed by atoms with Gasteiger partial charge >= 0.3 is 6.03 Å². The van der Waals surface area contributed by atoms with Crippen molar-refractivity contribution in [2.45, 2.75) is 25.9 Å². The van der Waals surface area contributed by atoms with Gasteiger partial charge in [-0.15, -0.1) is 0 Å². The number of anilines is 1. The molecule has 1 aromatic carbocycles. The molecule has 2 atom stereocenters. The molecule has 2 aliphatic heterocycles. The summed E-state index contributed by atoms with van der Waals surface area (Å²) in [5.41, 5.74) is 3.40. The third kappa shape index (κ3) is 2.89. The first-order chi connectivity index (χ1) is 10.2. The zero-order chi connectivity index (χ0) is 14.8. The van der Waals surface area contributed by atoms with Gasteiger partial charge in [0.05, 0.1) is 6.61 Å². The maximum absolute atomic E-state index is 11.7. The zero-order valence-corrected chi connectivity index (χ0v) is 12.7. The van der Waals surface area contributed by atoms with Crippen molar-refractivity contribution < 1.29 is 9.53 Å².